The Morgan fingerprint density at radius 1 is 1.32 bits per heavy atom. The van der Waals surface area contributed by atoms with E-state index >= 15 is 0 Å². The quantitative estimate of drug-likeness (QED) is 0.542. The fourth-order valence-corrected chi connectivity index (χ4v) is 3.13. The van der Waals surface area contributed by atoms with Crippen molar-refractivity contribution in [2.45, 2.75) is 12.8 Å². The van der Waals surface area contributed by atoms with Crippen LogP contribution in [0.2, 0.25) is 0 Å². The summed E-state index contributed by atoms with van der Waals surface area (Å²) in [6.07, 6.45) is 0.666. The Morgan fingerprint density at radius 2 is 2.08 bits per heavy atom. The van der Waals surface area contributed by atoms with Crippen LogP contribution in [-0.4, -0.2) is 40.1 Å². The number of thiophene rings is 1. The van der Waals surface area contributed by atoms with Gasteiger partial charge in [0.15, 0.2) is 0 Å². The van der Waals surface area contributed by atoms with E-state index in [1.807, 2.05) is 46.5 Å². The minimum atomic E-state index is -0.337. The Balaban J connectivity index is 1.93. The number of carbonyl (C=O) groups excluding carboxylic acids is 1. The van der Waals surface area contributed by atoms with Crippen molar-refractivity contribution in [1.29, 1.82) is 0 Å². The van der Waals surface area contributed by atoms with E-state index in [2.05, 4.69) is 10.5 Å². The van der Waals surface area contributed by atoms with Crippen molar-refractivity contribution in [2.24, 2.45) is 0 Å². The Labute approximate surface area is 149 Å². The van der Waals surface area contributed by atoms with Gasteiger partial charge < -0.3 is 4.74 Å². The van der Waals surface area contributed by atoms with E-state index in [0.29, 0.717) is 11.5 Å². The van der Waals surface area contributed by atoms with Gasteiger partial charge in [-0.2, -0.15) is 16.4 Å². The molecule has 0 radical (unpaired) electrons. The van der Waals surface area contributed by atoms with Gasteiger partial charge in [0.05, 0.1) is 24.2 Å². The van der Waals surface area contributed by atoms with Gasteiger partial charge in [0.25, 0.3) is 0 Å². The number of aromatic nitrogens is 2. The normalized spacial score (nSPS) is 10.7. The predicted octanol–water partition coefficient (Wildman–Crippen LogP) is 3.39. The number of carbonyl (C=O) groups is 1. The molecule has 3 aromatic rings. The lowest BCUT2D eigenvalue weighted by molar-refractivity contribution is -0.159. The van der Waals surface area contributed by atoms with Crippen molar-refractivity contribution in [3.63, 3.8) is 0 Å². The van der Waals surface area contributed by atoms with Gasteiger partial charge in [0.1, 0.15) is 5.75 Å². The van der Waals surface area contributed by atoms with Gasteiger partial charge in [-0.1, -0.05) is 0 Å². The van der Waals surface area contributed by atoms with E-state index in [9.17, 15) is 10.0 Å². The number of hydrogen-bond acceptors (Lipinski definition) is 5. The van der Waals surface area contributed by atoms with E-state index in [1.54, 1.807) is 18.4 Å². The molecule has 0 aliphatic carbocycles. The third-order valence-corrected chi connectivity index (χ3v) is 4.53. The lowest BCUT2D eigenvalue weighted by atomic mass is 10.2. The van der Waals surface area contributed by atoms with Crippen molar-refractivity contribution in [1.82, 2.24) is 14.8 Å². The van der Waals surface area contributed by atoms with E-state index in [0.717, 1.165) is 28.4 Å². The Morgan fingerprint density at radius 3 is 2.68 bits per heavy atom. The topological polar surface area (TPSA) is 67.6 Å². The van der Waals surface area contributed by atoms with E-state index in [1.165, 1.54) is 7.05 Å². The molecule has 6 nitrogen and oxygen atoms in total. The number of rotatable bonds is 6. The molecule has 1 amide bonds. The molecule has 1 aromatic carbocycles. The fourth-order valence-electron chi connectivity index (χ4n) is 2.49. The van der Waals surface area contributed by atoms with Gasteiger partial charge in [0, 0.05) is 30.8 Å². The number of nitrogens with zero attached hydrogens (tertiary/aromatic N) is 3. The molecule has 1 N–H and O–H groups in total. The summed E-state index contributed by atoms with van der Waals surface area (Å²) in [5.74, 6) is 0.445. The largest absolute Gasteiger partial charge is 0.497 e. The number of hydrogen-bond donors (Lipinski definition) is 1. The number of hydroxylamine groups is 2. The molecule has 2 heterocycles. The Hall–Kier alpha value is -2.64. The third-order valence-electron chi connectivity index (χ3n) is 3.85. The summed E-state index contributed by atoms with van der Waals surface area (Å²) in [6.45, 7) is 0. The maximum atomic E-state index is 11.6. The van der Waals surface area contributed by atoms with E-state index in [4.69, 9.17) is 4.74 Å². The highest BCUT2D eigenvalue weighted by atomic mass is 32.1. The first-order chi connectivity index (χ1) is 12.1. The summed E-state index contributed by atoms with van der Waals surface area (Å²) in [4.78, 5) is 11.6. The van der Waals surface area contributed by atoms with Gasteiger partial charge >= 0.3 is 0 Å². The molecule has 0 atom stereocenters. The van der Waals surface area contributed by atoms with Crippen molar-refractivity contribution < 1.29 is 14.7 Å². The van der Waals surface area contributed by atoms with Gasteiger partial charge in [-0.25, -0.2) is 9.75 Å². The first-order valence-electron chi connectivity index (χ1n) is 7.80. The average Bonchev–Trinajstić information content (AvgIpc) is 3.29. The van der Waals surface area contributed by atoms with Crippen molar-refractivity contribution in [2.75, 3.05) is 14.2 Å². The van der Waals surface area contributed by atoms with Crippen LogP contribution >= 0.6 is 11.3 Å². The van der Waals surface area contributed by atoms with E-state index in [-0.39, 0.29) is 12.3 Å². The number of aryl methyl sites for hydroxylation is 1. The third kappa shape index (κ3) is 3.89. The number of methoxy groups -OCH3 is 1. The van der Waals surface area contributed by atoms with Crippen LogP contribution in [0, 0.1) is 0 Å². The first-order valence-corrected chi connectivity index (χ1v) is 8.74. The summed E-state index contributed by atoms with van der Waals surface area (Å²) < 4.78 is 7.07. The minimum Gasteiger partial charge on any atom is -0.497 e. The zero-order chi connectivity index (χ0) is 17.8. The predicted molar refractivity (Wildman–Crippen MR) is 96.3 cm³/mol. The second-order valence-corrected chi connectivity index (χ2v) is 6.34. The molecule has 0 unspecified atom stereocenters. The van der Waals surface area contributed by atoms with Gasteiger partial charge in [0.2, 0.25) is 5.91 Å². The second-order valence-electron chi connectivity index (χ2n) is 5.56. The van der Waals surface area contributed by atoms with Gasteiger partial charge in [-0.05, 0) is 41.8 Å². The summed E-state index contributed by atoms with van der Waals surface area (Å²) in [5, 5.41) is 18.5. The zero-order valence-electron chi connectivity index (χ0n) is 14.0. The summed E-state index contributed by atoms with van der Waals surface area (Å²) in [6, 6.07) is 11.7. The minimum absolute atomic E-state index is 0.204. The molecule has 0 aliphatic heterocycles. The lowest BCUT2D eigenvalue weighted by Crippen LogP contribution is -2.22. The maximum absolute atomic E-state index is 11.6. The van der Waals surface area contributed by atoms with Crippen LogP contribution in [0.4, 0.5) is 0 Å². The number of amides is 1. The van der Waals surface area contributed by atoms with Crippen LogP contribution in [0.1, 0.15) is 12.1 Å². The smallest absolute Gasteiger partial charge is 0.246 e. The monoisotopic (exact) mass is 357 g/mol. The van der Waals surface area contributed by atoms with Crippen LogP contribution in [0.5, 0.6) is 5.75 Å². The molecule has 7 heteroatoms. The Bertz CT molecular complexity index is 839. The maximum Gasteiger partial charge on any atom is 0.246 e. The highest BCUT2D eigenvalue weighted by Crippen LogP contribution is 2.27. The molecule has 25 heavy (non-hydrogen) atoms. The molecule has 2 aromatic heterocycles. The summed E-state index contributed by atoms with van der Waals surface area (Å²) in [7, 11) is 2.96. The molecule has 0 saturated carbocycles. The summed E-state index contributed by atoms with van der Waals surface area (Å²) >= 11 is 1.62. The zero-order valence-corrected chi connectivity index (χ0v) is 14.9. The Kier molecular flexibility index (Phi) is 5.16. The van der Waals surface area contributed by atoms with Crippen LogP contribution in [0.25, 0.3) is 16.9 Å². The van der Waals surface area contributed by atoms with Crippen LogP contribution < -0.4 is 4.74 Å². The molecular weight excluding hydrogens is 338 g/mol. The van der Waals surface area contributed by atoms with Gasteiger partial charge in [-0.15, -0.1) is 0 Å². The number of benzene rings is 1. The fraction of sp³-hybridized carbons (Fsp3) is 0.222. The molecule has 3 rings (SSSR count). The molecule has 0 aliphatic rings. The SMILES string of the molecule is COc1ccc(-n2nc(CCC(=O)N(C)O)cc2-c2ccsc2)cc1. The molecule has 0 saturated heterocycles. The standard InChI is InChI=1S/C18H19N3O3S/c1-20(23)18(22)8-3-14-11-17(13-9-10-25-12-13)21(19-14)15-4-6-16(24-2)7-5-15/h4-7,9-12,23H,3,8H2,1-2H3. The highest BCUT2D eigenvalue weighted by Gasteiger charge is 2.14. The van der Waals surface area contributed by atoms with Crippen molar-refractivity contribution in [3.05, 3.63) is 52.9 Å². The van der Waals surface area contributed by atoms with Gasteiger partial charge in [-0.3, -0.25) is 10.0 Å². The van der Waals surface area contributed by atoms with E-state index < -0.39 is 0 Å². The first kappa shape index (κ1) is 17.2. The molecule has 0 bridgehead atoms. The van der Waals surface area contributed by atoms with Crippen LogP contribution in [-0.2, 0) is 11.2 Å². The lowest BCUT2D eigenvalue weighted by Gasteiger charge is -2.07. The summed E-state index contributed by atoms with van der Waals surface area (Å²) in [5.41, 5.74) is 3.75. The van der Waals surface area contributed by atoms with Crippen molar-refractivity contribution >= 4 is 17.2 Å². The second kappa shape index (κ2) is 7.50. The molecule has 0 spiro atoms. The molecular formula is C18H19N3O3S. The van der Waals surface area contributed by atoms with Crippen LogP contribution in [0.3, 0.4) is 0 Å². The van der Waals surface area contributed by atoms with Crippen molar-refractivity contribution in [3.8, 4) is 22.7 Å². The molecule has 0 fully saturated rings. The number of ether oxygens (including phenoxy) is 1. The van der Waals surface area contributed by atoms with Crippen LogP contribution in [0.15, 0.2) is 47.2 Å². The molecule has 130 valence electrons. The highest BCUT2D eigenvalue weighted by molar-refractivity contribution is 7.08. The average molecular weight is 357 g/mol.